The van der Waals surface area contributed by atoms with E-state index in [4.69, 9.17) is 28.4 Å². The molecular weight excluding hydrogens is 685 g/mol. The van der Waals surface area contributed by atoms with Gasteiger partial charge in [-0.25, -0.2) is 8.42 Å². The smallest absolute Gasteiger partial charge is 0.243 e. The quantitative estimate of drug-likeness (QED) is 0.177. The number of nitrogens with zero attached hydrogens (tertiary/aromatic N) is 2. The molecule has 1 aliphatic carbocycles. The normalized spacial score (nSPS) is 21.4. The van der Waals surface area contributed by atoms with Crippen molar-refractivity contribution in [3.05, 3.63) is 82.9 Å². The van der Waals surface area contributed by atoms with Crippen molar-refractivity contribution in [1.82, 2.24) is 4.31 Å². The van der Waals surface area contributed by atoms with Crippen molar-refractivity contribution >= 4 is 15.7 Å². The van der Waals surface area contributed by atoms with E-state index in [9.17, 15) is 13.5 Å². The second kappa shape index (κ2) is 17.7. The van der Waals surface area contributed by atoms with Crippen LogP contribution >= 0.6 is 0 Å². The molecule has 2 heterocycles. The van der Waals surface area contributed by atoms with Crippen LogP contribution in [0.2, 0.25) is 0 Å². The summed E-state index contributed by atoms with van der Waals surface area (Å²) in [7, 11) is -0.671. The summed E-state index contributed by atoms with van der Waals surface area (Å²) in [5.41, 5.74) is 4.93. The summed E-state index contributed by atoms with van der Waals surface area (Å²) < 4.78 is 65.7. The van der Waals surface area contributed by atoms with Crippen LogP contribution in [0.4, 0.5) is 5.69 Å². The maximum atomic E-state index is 14.2. The van der Waals surface area contributed by atoms with Gasteiger partial charge in [0.25, 0.3) is 0 Å². The first-order valence-corrected chi connectivity index (χ1v) is 19.8. The number of aryl methyl sites for hydroxylation is 2. The Morgan fingerprint density at radius 2 is 1.69 bits per heavy atom. The number of rotatable bonds is 18. The molecule has 11 nitrogen and oxygen atoms in total. The van der Waals surface area contributed by atoms with E-state index in [-0.39, 0.29) is 43.7 Å². The Balaban J connectivity index is 1.32. The molecule has 12 heteroatoms. The van der Waals surface area contributed by atoms with Gasteiger partial charge in [-0.05, 0) is 92.1 Å². The first-order valence-electron chi connectivity index (χ1n) is 18.4. The zero-order valence-corrected chi connectivity index (χ0v) is 31.7. The van der Waals surface area contributed by atoms with Crippen LogP contribution in [0, 0.1) is 19.8 Å². The van der Waals surface area contributed by atoms with Gasteiger partial charge in [-0.1, -0.05) is 29.8 Å². The predicted molar refractivity (Wildman–Crippen MR) is 199 cm³/mol. The lowest BCUT2D eigenvalue weighted by atomic mass is 9.83. The molecule has 1 saturated carbocycles. The summed E-state index contributed by atoms with van der Waals surface area (Å²) in [4.78, 5) is 2.52. The fraction of sp³-hybridized carbons (Fsp3) is 0.550. The minimum atomic E-state index is -3.91. The van der Waals surface area contributed by atoms with Crippen molar-refractivity contribution in [3.63, 3.8) is 0 Å². The Bertz CT molecular complexity index is 1720. The maximum absolute atomic E-state index is 14.2. The number of hydrogen-bond donors (Lipinski definition) is 1. The highest BCUT2D eigenvalue weighted by Gasteiger charge is 2.44. The van der Waals surface area contributed by atoms with E-state index >= 15 is 0 Å². The standard InChI is InChI=1S/C40H54N2O9S/c1-28-6-12-34(13-7-28)52(44,45)42-22-38(50-25-31-10-15-37-36(21-31)41(17-19-48-37)16-5-18-46-3)40(39(23-42)51-27-32(43)26-47-4)35-14-11-33(20-29(35)2)49-24-30-8-9-30/h6-7,10-15,20-21,30,32,38-40,43H,5,8-9,16-19,22-27H2,1-4H3/t32-,38+,39-,40-/m1/s1. The summed E-state index contributed by atoms with van der Waals surface area (Å²) in [6, 6.07) is 19.1. The van der Waals surface area contributed by atoms with Crippen molar-refractivity contribution in [1.29, 1.82) is 0 Å². The van der Waals surface area contributed by atoms with Gasteiger partial charge in [0.1, 0.15) is 24.2 Å². The molecule has 3 aliphatic rings. The summed E-state index contributed by atoms with van der Waals surface area (Å²) in [6.07, 6.45) is 1.22. The van der Waals surface area contributed by atoms with Crippen LogP contribution in [0.3, 0.4) is 0 Å². The lowest BCUT2D eigenvalue weighted by Gasteiger charge is -2.43. The molecule has 2 fully saturated rings. The van der Waals surface area contributed by atoms with Crippen molar-refractivity contribution < 1.29 is 41.9 Å². The molecule has 1 saturated heterocycles. The lowest BCUT2D eigenvalue weighted by molar-refractivity contribution is -0.0998. The van der Waals surface area contributed by atoms with Crippen LogP contribution in [0.1, 0.15) is 47.4 Å². The molecule has 0 spiro atoms. The molecule has 0 unspecified atom stereocenters. The molecule has 284 valence electrons. The fourth-order valence-corrected chi connectivity index (χ4v) is 8.51. The summed E-state index contributed by atoms with van der Waals surface area (Å²) >= 11 is 0. The fourth-order valence-electron chi connectivity index (χ4n) is 7.04. The Hall–Kier alpha value is -3.23. The number of methoxy groups -OCH3 is 2. The average Bonchev–Trinajstić information content (AvgIpc) is 3.97. The molecule has 0 aromatic heterocycles. The topological polar surface area (TPSA) is 116 Å². The molecule has 0 radical (unpaired) electrons. The van der Waals surface area contributed by atoms with Gasteiger partial charge in [-0.2, -0.15) is 4.31 Å². The Labute approximate surface area is 308 Å². The number of fused-ring (bicyclic) bond motifs is 1. The molecule has 0 bridgehead atoms. The summed E-state index contributed by atoms with van der Waals surface area (Å²) in [5.74, 6) is 1.93. The highest BCUT2D eigenvalue weighted by molar-refractivity contribution is 7.89. The third-order valence-electron chi connectivity index (χ3n) is 10.1. The van der Waals surface area contributed by atoms with Crippen molar-refractivity contribution in [2.45, 2.75) is 68.8 Å². The minimum absolute atomic E-state index is 0.0223. The number of sulfonamides is 1. The third kappa shape index (κ3) is 9.65. The Morgan fingerprint density at radius 1 is 0.923 bits per heavy atom. The van der Waals surface area contributed by atoms with Gasteiger partial charge in [-0.3, -0.25) is 0 Å². The van der Waals surface area contributed by atoms with Crippen LogP contribution in [0.5, 0.6) is 11.5 Å². The molecule has 52 heavy (non-hydrogen) atoms. The zero-order valence-electron chi connectivity index (χ0n) is 30.9. The number of aliphatic hydroxyl groups is 1. The molecule has 3 aromatic carbocycles. The SMILES string of the molecule is COCCCN1CCOc2ccc(CO[C@H]3CN(S(=O)(=O)c4ccc(C)cc4)C[C@@H](OC[C@H](O)COC)[C@@H]3c3ccc(OCC4CC4)cc3C)cc21. The van der Waals surface area contributed by atoms with Crippen molar-refractivity contribution in [2.75, 3.05) is 78.3 Å². The monoisotopic (exact) mass is 738 g/mol. The molecule has 1 N–H and O–H groups in total. The van der Waals surface area contributed by atoms with Gasteiger partial charge >= 0.3 is 0 Å². The van der Waals surface area contributed by atoms with Crippen LogP contribution in [-0.4, -0.2) is 110 Å². The van der Waals surface area contributed by atoms with Crippen molar-refractivity contribution in [3.8, 4) is 11.5 Å². The molecule has 2 aliphatic heterocycles. The van der Waals surface area contributed by atoms with Gasteiger partial charge in [0.05, 0.1) is 55.8 Å². The molecular formula is C40H54N2O9S. The predicted octanol–water partition coefficient (Wildman–Crippen LogP) is 5.09. The van der Waals surface area contributed by atoms with Gasteiger partial charge in [0.15, 0.2) is 0 Å². The number of benzene rings is 3. The van der Waals surface area contributed by atoms with Crippen LogP contribution in [0.15, 0.2) is 65.6 Å². The van der Waals surface area contributed by atoms with E-state index in [1.165, 1.54) is 24.3 Å². The molecule has 0 amide bonds. The third-order valence-corrected chi connectivity index (χ3v) is 11.9. The van der Waals surface area contributed by atoms with E-state index < -0.39 is 28.3 Å². The Morgan fingerprint density at radius 3 is 2.40 bits per heavy atom. The van der Waals surface area contributed by atoms with E-state index in [1.807, 2.05) is 38.1 Å². The highest BCUT2D eigenvalue weighted by Crippen LogP contribution is 2.39. The van der Waals surface area contributed by atoms with E-state index in [0.717, 1.165) is 59.0 Å². The van der Waals surface area contributed by atoms with Crippen LogP contribution in [-0.2, 0) is 35.6 Å². The number of aliphatic hydroxyl groups excluding tert-OH is 1. The Kier molecular flexibility index (Phi) is 13.1. The van der Waals surface area contributed by atoms with Gasteiger partial charge in [0.2, 0.25) is 10.0 Å². The highest BCUT2D eigenvalue weighted by atomic mass is 32.2. The van der Waals surface area contributed by atoms with Gasteiger partial charge in [-0.15, -0.1) is 0 Å². The maximum Gasteiger partial charge on any atom is 0.243 e. The summed E-state index contributed by atoms with van der Waals surface area (Å²) in [5, 5.41) is 10.6. The van der Waals surface area contributed by atoms with E-state index in [0.29, 0.717) is 25.7 Å². The van der Waals surface area contributed by atoms with Gasteiger partial charge < -0.3 is 38.4 Å². The van der Waals surface area contributed by atoms with Crippen LogP contribution in [0.25, 0.3) is 0 Å². The zero-order chi connectivity index (χ0) is 36.7. The van der Waals surface area contributed by atoms with Crippen LogP contribution < -0.4 is 14.4 Å². The first-order chi connectivity index (χ1) is 25.2. The number of piperidine rings is 1. The second-order valence-electron chi connectivity index (χ2n) is 14.2. The number of hydrogen-bond acceptors (Lipinski definition) is 10. The number of anilines is 1. The molecule has 4 atom stereocenters. The second-order valence-corrected chi connectivity index (χ2v) is 16.2. The average molecular weight is 739 g/mol. The van der Waals surface area contributed by atoms with Crippen molar-refractivity contribution in [2.24, 2.45) is 5.92 Å². The minimum Gasteiger partial charge on any atom is -0.493 e. The van der Waals surface area contributed by atoms with E-state index in [2.05, 4.69) is 17.0 Å². The molecule has 6 rings (SSSR count). The number of ether oxygens (including phenoxy) is 6. The molecule has 3 aromatic rings. The lowest BCUT2D eigenvalue weighted by Crippen LogP contribution is -2.55. The van der Waals surface area contributed by atoms with E-state index in [1.54, 1.807) is 31.4 Å². The first kappa shape index (κ1) is 38.5. The largest absolute Gasteiger partial charge is 0.493 e. The van der Waals surface area contributed by atoms with Gasteiger partial charge in [0, 0.05) is 46.4 Å². The summed E-state index contributed by atoms with van der Waals surface area (Å²) in [6.45, 7) is 8.15.